The van der Waals surface area contributed by atoms with Crippen LogP contribution >= 0.6 is 0 Å². The molecule has 5 nitrogen and oxygen atoms in total. The van der Waals surface area contributed by atoms with Crippen molar-refractivity contribution in [2.45, 2.75) is 31.7 Å². The van der Waals surface area contributed by atoms with Crippen LogP contribution in [0.15, 0.2) is 12.7 Å². The Hall–Kier alpha value is -1.36. The van der Waals surface area contributed by atoms with Crippen molar-refractivity contribution in [1.29, 1.82) is 0 Å². The fourth-order valence-electron chi connectivity index (χ4n) is 1.13. The Kier molecular flexibility index (Phi) is 7.27. The minimum absolute atomic E-state index is 0.140. The first-order chi connectivity index (χ1) is 7.11. The zero-order valence-electron chi connectivity index (χ0n) is 8.74. The Morgan fingerprint density at radius 3 is 2.60 bits per heavy atom. The van der Waals surface area contributed by atoms with E-state index in [1.54, 1.807) is 0 Å². The zero-order chi connectivity index (χ0) is 11.7. The molecule has 1 atom stereocenters. The highest BCUT2D eigenvalue weighted by molar-refractivity contribution is 5.84. The third-order valence-corrected chi connectivity index (χ3v) is 1.91. The van der Waals surface area contributed by atoms with Gasteiger partial charge in [-0.15, -0.1) is 6.58 Å². The first-order valence-electron chi connectivity index (χ1n) is 4.95. The summed E-state index contributed by atoms with van der Waals surface area (Å²) >= 11 is 0. The van der Waals surface area contributed by atoms with Crippen LogP contribution in [0.25, 0.3) is 0 Å². The molecule has 0 aliphatic heterocycles. The van der Waals surface area contributed by atoms with E-state index in [1.165, 1.54) is 6.08 Å². The molecule has 0 aliphatic carbocycles. The highest BCUT2D eigenvalue weighted by Crippen LogP contribution is 2.01. The summed E-state index contributed by atoms with van der Waals surface area (Å²) in [5, 5.41) is 11.2. The van der Waals surface area contributed by atoms with E-state index in [9.17, 15) is 9.59 Å². The molecular formula is C10H18N2O3. The quantitative estimate of drug-likeness (QED) is 0.399. The van der Waals surface area contributed by atoms with E-state index in [0.717, 1.165) is 6.42 Å². The second-order valence-corrected chi connectivity index (χ2v) is 3.24. The number of unbranched alkanes of at least 4 members (excludes halogenated alkanes) is 1. The van der Waals surface area contributed by atoms with Gasteiger partial charge in [0.15, 0.2) is 0 Å². The standard InChI is InChI=1S/C10H18N2O3/c1-2-5-9(13)12-8(10(14)15)6-3-4-7-11/h2,8H,1,3-7,11H2,(H,12,13)(H,14,15)/t8-/m0/s1. The molecule has 0 saturated heterocycles. The first-order valence-corrected chi connectivity index (χ1v) is 4.95. The van der Waals surface area contributed by atoms with Gasteiger partial charge in [-0.3, -0.25) is 4.79 Å². The average molecular weight is 214 g/mol. The van der Waals surface area contributed by atoms with Crippen molar-refractivity contribution in [2.24, 2.45) is 5.73 Å². The Morgan fingerprint density at radius 2 is 2.13 bits per heavy atom. The second kappa shape index (κ2) is 7.99. The van der Waals surface area contributed by atoms with E-state index >= 15 is 0 Å². The largest absolute Gasteiger partial charge is 0.480 e. The SMILES string of the molecule is C=CCC(=O)N[C@@H](CCCCN)C(=O)O. The lowest BCUT2D eigenvalue weighted by Gasteiger charge is -2.13. The van der Waals surface area contributed by atoms with Gasteiger partial charge in [-0.1, -0.05) is 6.08 Å². The molecule has 0 aliphatic rings. The molecule has 0 heterocycles. The number of carboxylic acids is 1. The molecule has 5 heteroatoms. The molecule has 15 heavy (non-hydrogen) atoms. The molecular weight excluding hydrogens is 196 g/mol. The summed E-state index contributed by atoms with van der Waals surface area (Å²) in [6, 6.07) is -0.816. The van der Waals surface area contributed by atoms with Gasteiger partial charge in [-0.05, 0) is 25.8 Å². The summed E-state index contributed by atoms with van der Waals surface area (Å²) in [4.78, 5) is 21.9. The molecule has 4 N–H and O–H groups in total. The molecule has 0 spiro atoms. The predicted octanol–water partition coefficient (Wildman–Crippen LogP) is 0.261. The van der Waals surface area contributed by atoms with E-state index in [4.69, 9.17) is 10.8 Å². The van der Waals surface area contributed by atoms with Gasteiger partial charge in [-0.25, -0.2) is 4.79 Å². The number of carbonyl (C=O) groups excluding carboxylic acids is 1. The van der Waals surface area contributed by atoms with Gasteiger partial charge >= 0.3 is 5.97 Å². The Morgan fingerprint density at radius 1 is 1.47 bits per heavy atom. The molecule has 1 amide bonds. The smallest absolute Gasteiger partial charge is 0.326 e. The number of nitrogens with two attached hydrogens (primary N) is 1. The van der Waals surface area contributed by atoms with Crippen LogP contribution in [-0.4, -0.2) is 29.6 Å². The molecule has 0 bridgehead atoms. The molecule has 0 aromatic rings. The number of rotatable bonds is 8. The molecule has 0 fully saturated rings. The van der Waals surface area contributed by atoms with Gasteiger partial charge in [0.05, 0.1) is 0 Å². The number of aliphatic carboxylic acids is 1. The number of nitrogens with one attached hydrogen (secondary N) is 1. The lowest BCUT2D eigenvalue weighted by atomic mass is 10.1. The van der Waals surface area contributed by atoms with Gasteiger partial charge in [0, 0.05) is 6.42 Å². The summed E-state index contributed by atoms with van der Waals surface area (Å²) in [6.45, 7) is 3.94. The topological polar surface area (TPSA) is 92.4 Å². The highest BCUT2D eigenvalue weighted by Gasteiger charge is 2.18. The zero-order valence-corrected chi connectivity index (χ0v) is 8.74. The number of amides is 1. The van der Waals surface area contributed by atoms with Crippen LogP contribution in [0.3, 0.4) is 0 Å². The van der Waals surface area contributed by atoms with Crippen molar-refractivity contribution in [2.75, 3.05) is 6.54 Å². The monoisotopic (exact) mass is 214 g/mol. The maximum atomic E-state index is 11.1. The summed E-state index contributed by atoms with van der Waals surface area (Å²) in [5.74, 6) is -1.32. The van der Waals surface area contributed by atoms with Crippen molar-refractivity contribution in [3.63, 3.8) is 0 Å². The van der Waals surface area contributed by atoms with Crippen molar-refractivity contribution in [3.05, 3.63) is 12.7 Å². The van der Waals surface area contributed by atoms with Crippen molar-refractivity contribution in [1.82, 2.24) is 5.32 Å². The van der Waals surface area contributed by atoms with Crippen molar-refractivity contribution < 1.29 is 14.7 Å². The van der Waals surface area contributed by atoms with E-state index in [-0.39, 0.29) is 12.3 Å². The molecule has 0 unspecified atom stereocenters. The van der Waals surface area contributed by atoms with Gasteiger partial charge in [0.2, 0.25) is 5.91 Å². The molecule has 86 valence electrons. The lowest BCUT2D eigenvalue weighted by molar-refractivity contribution is -0.141. The maximum absolute atomic E-state index is 11.1. The minimum atomic E-state index is -1.01. The van der Waals surface area contributed by atoms with Crippen LogP contribution in [-0.2, 0) is 9.59 Å². The van der Waals surface area contributed by atoms with E-state index in [0.29, 0.717) is 19.4 Å². The van der Waals surface area contributed by atoms with Crippen LogP contribution in [0.5, 0.6) is 0 Å². The summed E-state index contributed by atoms with van der Waals surface area (Å²) in [6.07, 6.45) is 3.45. The fourth-order valence-corrected chi connectivity index (χ4v) is 1.13. The highest BCUT2D eigenvalue weighted by atomic mass is 16.4. The fraction of sp³-hybridized carbons (Fsp3) is 0.600. The summed E-state index contributed by atoms with van der Waals surface area (Å²) in [5.41, 5.74) is 5.29. The third-order valence-electron chi connectivity index (χ3n) is 1.91. The van der Waals surface area contributed by atoms with Crippen molar-refractivity contribution >= 4 is 11.9 Å². The van der Waals surface area contributed by atoms with Crippen LogP contribution in [0.2, 0.25) is 0 Å². The van der Waals surface area contributed by atoms with Crippen molar-refractivity contribution in [3.8, 4) is 0 Å². The Balaban J connectivity index is 3.98. The number of carbonyl (C=O) groups is 2. The van der Waals surface area contributed by atoms with Crippen LogP contribution in [0, 0.1) is 0 Å². The predicted molar refractivity (Wildman–Crippen MR) is 57.3 cm³/mol. The average Bonchev–Trinajstić information content (AvgIpc) is 2.16. The van der Waals surface area contributed by atoms with Gasteiger partial charge < -0.3 is 16.2 Å². The summed E-state index contributed by atoms with van der Waals surface area (Å²) < 4.78 is 0. The van der Waals surface area contributed by atoms with E-state index in [2.05, 4.69) is 11.9 Å². The van der Waals surface area contributed by atoms with Crippen LogP contribution in [0.4, 0.5) is 0 Å². The third kappa shape index (κ3) is 6.68. The normalized spacial score (nSPS) is 11.8. The van der Waals surface area contributed by atoms with E-state index in [1.807, 2.05) is 0 Å². The summed E-state index contributed by atoms with van der Waals surface area (Å²) in [7, 11) is 0. The Bertz CT molecular complexity index is 229. The molecule has 0 saturated carbocycles. The molecule has 0 rings (SSSR count). The lowest BCUT2D eigenvalue weighted by Crippen LogP contribution is -2.40. The number of carboxylic acid groups (broad SMARTS) is 1. The number of hydrogen-bond donors (Lipinski definition) is 3. The maximum Gasteiger partial charge on any atom is 0.326 e. The van der Waals surface area contributed by atoms with Crippen LogP contribution in [0.1, 0.15) is 25.7 Å². The second-order valence-electron chi connectivity index (χ2n) is 3.24. The van der Waals surface area contributed by atoms with Gasteiger partial charge in [-0.2, -0.15) is 0 Å². The minimum Gasteiger partial charge on any atom is -0.480 e. The molecule has 0 aromatic carbocycles. The first kappa shape index (κ1) is 13.6. The van der Waals surface area contributed by atoms with Gasteiger partial charge in [0.25, 0.3) is 0 Å². The van der Waals surface area contributed by atoms with E-state index < -0.39 is 12.0 Å². The molecule has 0 radical (unpaired) electrons. The molecule has 0 aromatic heterocycles. The van der Waals surface area contributed by atoms with Gasteiger partial charge in [0.1, 0.15) is 6.04 Å². The number of hydrogen-bond acceptors (Lipinski definition) is 3. The Labute approximate surface area is 89.3 Å². The van der Waals surface area contributed by atoms with Crippen LogP contribution < -0.4 is 11.1 Å².